The van der Waals surface area contributed by atoms with Crippen LogP contribution in [0, 0.1) is 6.92 Å². The van der Waals surface area contributed by atoms with E-state index in [0.29, 0.717) is 6.42 Å². The fourth-order valence-electron chi connectivity index (χ4n) is 1.15. The Labute approximate surface area is 100 Å². The standard InChI is InChI=1S/C11H19N3OS/c1-5-11(4,12)10(15)14-8(3)9-13-7(2)6-16-9/h6,8H,5,12H2,1-4H3,(H,14,15). The van der Waals surface area contributed by atoms with E-state index in [2.05, 4.69) is 10.3 Å². The maximum atomic E-state index is 11.8. The first kappa shape index (κ1) is 13.1. The number of hydrogen-bond acceptors (Lipinski definition) is 4. The van der Waals surface area contributed by atoms with E-state index in [-0.39, 0.29) is 11.9 Å². The molecule has 2 unspecified atom stereocenters. The molecule has 5 heteroatoms. The quantitative estimate of drug-likeness (QED) is 0.844. The molecule has 1 aromatic heterocycles. The summed E-state index contributed by atoms with van der Waals surface area (Å²) in [6, 6.07) is -0.0828. The van der Waals surface area contributed by atoms with Gasteiger partial charge in [0, 0.05) is 11.1 Å². The summed E-state index contributed by atoms with van der Waals surface area (Å²) in [7, 11) is 0. The zero-order chi connectivity index (χ0) is 12.3. The van der Waals surface area contributed by atoms with Crippen molar-refractivity contribution in [3.8, 4) is 0 Å². The van der Waals surface area contributed by atoms with Gasteiger partial charge in [-0.2, -0.15) is 0 Å². The van der Waals surface area contributed by atoms with Gasteiger partial charge in [-0.05, 0) is 27.2 Å². The summed E-state index contributed by atoms with van der Waals surface area (Å²) >= 11 is 1.55. The lowest BCUT2D eigenvalue weighted by atomic mass is 9.99. The Morgan fingerprint density at radius 1 is 1.75 bits per heavy atom. The van der Waals surface area contributed by atoms with E-state index in [9.17, 15) is 4.79 Å². The van der Waals surface area contributed by atoms with E-state index in [1.54, 1.807) is 18.3 Å². The van der Waals surface area contributed by atoms with Gasteiger partial charge in [-0.1, -0.05) is 6.92 Å². The number of hydrogen-bond donors (Lipinski definition) is 2. The maximum Gasteiger partial charge on any atom is 0.240 e. The van der Waals surface area contributed by atoms with Gasteiger partial charge in [-0.15, -0.1) is 11.3 Å². The summed E-state index contributed by atoms with van der Waals surface area (Å²) in [5.41, 5.74) is 6.04. The summed E-state index contributed by atoms with van der Waals surface area (Å²) in [5, 5.41) is 5.77. The van der Waals surface area contributed by atoms with Crippen molar-refractivity contribution in [1.82, 2.24) is 10.3 Å². The number of aromatic nitrogens is 1. The van der Waals surface area contributed by atoms with E-state index in [4.69, 9.17) is 5.73 Å². The molecular weight excluding hydrogens is 222 g/mol. The highest BCUT2D eigenvalue weighted by atomic mass is 32.1. The molecule has 0 saturated carbocycles. The van der Waals surface area contributed by atoms with Crippen molar-refractivity contribution < 1.29 is 4.79 Å². The number of carbonyl (C=O) groups excluding carboxylic acids is 1. The Kier molecular flexibility index (Phi) is 4.04. The zero-order valence-corrected chi connectivity index (χ0v) is 11.0. The summed E-state index contributed by atoms with van der Waals surface area (Å²) in [4.78, 5) is 16.2. The number of amides is 1. The Balaban J connectivity index is 2.65. The van der Waals surface area contributed by atoms with Gasteiger partial charge in [0.15, 0.2) is 0 Å². The van der Waals surface area contributed by atoms with Crippen molar-refractivity contribution in [1.29, 1.82) is 0 Å². The highest BCUT2D eigenvalue weighted by Crippen LogP contribution is 2.18. The lowest BCUT2D eigenvalue weighted by Crippen LogP contribution is -2.51. The predicted octanol–water partition coefficient (Wildman–Crippen LogP) is 1.76. The summed E-state index contributed by atoms with van der Waals surface area (Å²) in [5.74, 6) is -0.129. The third-order valence-electron chi connectivity index (χ3n) is 2.61. The van der Waals surface area contributed by atoms with Crippen molar-refractivity contribution in [2.24, 2.45) is 5.73 Å². The van der Waals surface area contributed by atoms with Crippen LogP contribution in [0.1, 0.15) is 43.9 Å². The molecule has 0 aliphatic rings. The van der Waals surface area contributed by atoms with Gasteiger partial charge in [0.05, 0.1) is 11.6 Å². The van der Waals surface area contributed by atoms with Crippen LogP contribution in [-0.2, 0) is 4.79 Å². The number of nitrogens with zero attached hydrogens (tertiary/aromatic N) is 1. The molecular formula is C11H19N3OS. The van der Waals surface area contributed by atoms with Crippen LogP contribution in [-0.4, -0.2) is 16.4 Å². The van der Waals surface area contributed by atoms with Crippen LogP contribution in [0.4, 0.5) is 0 Å². The van der Waals surface area contributed by atoms with Gasteiger partial charge in [-0.3, -0.25) is 4.79 Å². The molecule has 0 aliphatic carbocycles. The molecule has 0 aliphatic heterocycles. The minimum Gasteiger partial charge on any atom is -0.346 e. The second kappa shape index (κ2) is 4.93. The molecule has 1 amide bonds. The largest absolute Gasteiger partial charge is 0.346 e. The minimum atomic E-state index is -0.805. The first-order chi connectivity index (χ1) is 7.36. The third-order valence-corrected chi connectivity index (χ3v) is 3.75. The highest BCUT2D eigenvalue weighted by molar-refractivity contribution is 7.09. The van der Waals surface area contributed by atoms with E-state index in [1.165, 1.54) is 0 Å². The van der Waals surface area contributed by atoms with Crippen LogP contribution in [0.25, 0.3) is 0 Å². The number of nitrogens with two attached hydrogens (primary N) is 1. The zero-order valence-electron chi connectivity index (χ0n) is 10.2. The summed E-state index contributed by atoms with van der Waals surface area (Å²) in [6.07, 6.45) is 0.614. The average molecular weight is 241 g/mol. The molecule has 2 atom stereocenters. The van der Waals surface area contributed by atoms with Crippen LogP contribution in [0.5, 0.6) is 0 Å². The van der Waals surface area contributed by atoms with Gasteiger partial charge in [0.2, 0.25) is 5.91 Å². The SMILES string of the molecule is CCC(C)(N)C(=O)NC(C)c1nc(C)cs1. The van der Waals surface area contributed by atoms with Crippen LogP contribution < -0.4 is 11.1 Å². The monoisotopic (exact) mass is 241 g/mol. The van der Waals surface area contributed by atoms with Crippen molar-refractivity contribution in [3.63, 3.8) is 0 Å². The molecule has 16 heavy (non-hydrogen) atoms. The Morgan fingerprint density at radius 2 is 2.38 bits per heavy atom. The average Bonchev–Trinajstić information content (AvgIpc) is 2.64. The van der Waals surface area contributed by atoms with E-state index >= 15 is 0 Å². The van der Waals surface area contributed by atoms with Crippen LogP contribution in [0.15, 0.2) is 5.38 Å². The van der Waals surface area contributed by atoms with Crippen molar-refractivity contribution in [3.05, 3.63) is 16.1 Å². The van der Waals surface area contributed by atoms with Crippen molar-refractivity contribution >= 4 is 17.2 Å². The number of aryl methyl sites for hydroxylation is 1. The van der Waals surface area contributed by atoms with Gasteiger partial charge >= 0.3 is 0 Å². The predicted molar refractivity (Wildman–Crippen MR) is 66.3 cm³/mol. The Morgan fingerprint density at radius 3 is 2.81 bits per heavy atom. The lowest BCUT2D eigenvalue weighted by Gasteiger charge is -2.23. The van der Waals surface area contributed by atoms with Crippen molar-refractivity contribution in [2.45, 2.75) is 45.7 Å². The van der Waals surface area contributed by atoms with Crippen LogP contribution in [0.3, 0.4) is 0 Å². The number of carbonyl (C=O) groups is 1. The first-order valence-corrected chi connectivity index (χ1v) is 6.26. The third kappa shape index (κ3) is 3.02. The number of rotatable bonds is 4. The van der Waals surface area contributed by atoms with Crippen molar-refractivity contribution in [2.75, 3.05) is 0 Å². The molecule has 3 N–H and O–H groups in total. The molecule has 1 heterocycles. The summed E-state index contributed by atoms with van der Waals surface area (Å²) < 4.78 is 0. The fourth-order valence-corrected chi connectivity index (χ4v) is 1.96. The number of nitrogens with one attached hydrogen (secondary N) is 1. The molecule has 0 fully saturated rings. The molecule has 1 rings (SSSR count). The summed E-state index contributed by atoms with van der Waals surface area (Å²) in [6.45, 7) is 7.50. The normalized spacial score (nSPS) is 16.6. The highest BCUT2D eigenvalue weighted by Gasteiger charge is 2.27. The molecule has 4 nitrogen and oxygen atoms in total. The first-order valence-electron chi connectivity index (χ1n) is 5.38. The van der Waals surface area contributed by atoms with E-state index in [1.807, 2.05) is 26.2 Å². The Bertz CT molecular complexity index is 373. The molecule has 0 bridgehead atoms. The Hall–Kier alpha value is -0.940. The van der Waals surface area contributed by atoms with Crippen LogP contribution in [0.2, 0.25) is 0 Å². The molecule has 0 saturated heterocycles. The van der Waals surface area contributed by atoms with E-state index < -0.39 is 5.54 Å². The second-order valence-electron chi connectivity index (χ2n) is 4.29. The number of thiazole rings is 1. The molecule has 0 aromatic carbocycles. The minimum absolute atomic E-state index is 0.0828. The topological polar surface area (TPSA) is 68.0 Å². The molecule has 0 spiro atoms. The molecule has 90 valence electrons. The molecule has 0 radical (unpaired) electrons. The van der Waals surface area contributed by atoms with Gasteiger partial charge in [0.25, 0.3) is 0 Å². The van der Waals surface area contributed by atoms with E-state index in [0.717, 1.165) is 10.7 Å². The maximum absolute atomic E-state index is 11.8. The lowest BCUT2D eigenvalue weighted by molar-refractivity contribution is -0.126. The van der Waals surface area contributed by atoms with Crippen LogP contribution >= 0.6 is 11.3 Å². The van der Waals surface area contributed by atoms with Gasteiger partial charge in [0.1, 0.15) is 5.01 Å². The molecule has 1 aromatic rings. The second-order valence-corrected chi connectivity index (χ2v) is 5.18. The van der Waals surface area contributed by atoms with Gasteiger partial charge in [-0.25, -0.2) is 4.98 Å². The van der Waals surface area contributed by atoms with Gasteiger partial charge < -0.3 is 11.1 Å². The fraction of sp³-hybridized carbons (Fsp3) is 0.636. The smallest absolute Gasteiger partial charge is 0.240 e.